The molecule has 4 nitrogen and oxygen atoms in total. The van der Waals surface area contributed by atoms with E-state index in [2.05, 4.69) is 23.2 Å². The fraction of sp³-hybridized carbons (Fsp3) is 0.300. The Kier molecular flexibility index (Phi) is 2.98. The van der Waals surface area contributed by atoms with Gasteiger partial charge < -0.3 is 4.74 Å². The molecule has 0 N–H and O–H groups in total. The van der Waals surface area contributed by atoms with Gasteiger partial charge in [-0.3, -0.25) is 4.57 Å². The molecule has 0 aliphatic heterocycles. The van der Waals surface area contributed by atoms with Gasteiger partial charge >= 0.3 is 5.69 Å². The third-order valence-corrected chi connectivity index (χ3v) is 4.75. The lowest BCUT2D eigenvalue weighted by molar-refractivity contribution is 0.293. The van der Waals surface area contributed by atoms with Crippen LogP contribution in [0.3, 0.4) is 0 Å². The lowest BCUT2D eigenvalue weighted by Gasteiger charge is -2.14. The smallest absolute Gasteiger partial charge is 0.355 e. The first-order valence-electron chi connectivity index (χ1n) is 8.58. The number of hydrogen-bond donors (Lipinski definition) is 0. The zero-order valence-electron chi connectivity index (χ0n) is 13.3. The first kappa shape index (κ1) is 13.8. The summed E-state index contributed by atoms with van der Waals surface area (Å²) in [5.74, 6) is 1.11. The maximum Gasteiger partial charge on any atom is 0.355 e. The van der Waals surface area contributed by atoms with Crippen molar-refractivity contribution >= 4 is 10.9 Å². The van der Waals surface area contributed by atoms with E-state index in [0.717, 1.165) is 29.4 Å². The van der Waals surface area contributed by atoms with Crippen molar-refractivity contribution in [2.24, 2.45) is 0 Å². The Labute approximate surface area is 139 Å². The van der Waals surface area contributed by atoms with E-state index in [4.69, 9.17) is 4.74 Å². The second-order valence-corrected chi connectivity index (χ2v) is 6.74. The predicted molar refractivity (Wildman–Crippen MR) is 93.0 cm³/mol. The van der Waals surface area contributed by atoms with Gasteiger partial charge in [-0.25, -0.2) is 4.79 Å². The van der Waals surface area contributed by atoms with Crippen molar-refractivity contribution in [3.05, 3.63) is 64.6 Å². The molecule has 1 heterocycles. The molecule has 2 aliphatic rings. The highest BCUT2D eigenvalue weighted by Crippen LogP contribution is 2.41. The van der Waals surface area contributed by atoms with Gasteiger partial charge in [-0.15, -0.1) is 0 Å². The van der Waals surface area contributed by atoms with Crippen LogP contribution in [0.4, 0.5) is 0 Å². The second kappa shape index (κ2) is 5.20. The zero-order valence-corrected chi connectivity index (χ0v) is 13.3. The second-order valence-electron chi connectivity index (χ2n) is 6.74. The Morgan fingerprint density at radius 1 is 1.00 bits per heavy atom. The van der Waals surface area contributed by atoms with E-state index < -0.39 is 0 Å². The summed E-state index contributed by atoms with van der Waals surface area (Å²) in [7, 11) is 0. The van der Waals surface area contributed by atoms with Gasteiger partial charge in [-0.1, -0.05) is 24.3 Å². The van der Waals surface area contributed by atoms with Crippen molar-refractivity contribution in [3.63, 3.8) is 0 Å². The Morgan fingerprint density at radius 2 is 1.79 bits per heavy atom. The quantitative estimate of drug-likeness (QED) is 0.735. The Hall–Kier alpha value is -2.62. The molecule has 0 radical (unpaired) electrons. The molecule has 2 aliphatic carbocycles. The molecule has 24 heavy (non-hydrogen) atoms. The first-order valence-corrected chi connectivity index (χ1v) is 8.58. The summed E-state index contributed by atoms with van der Waals surface area (Å²) in [5.41, 5.74) is 2.75. The summed E-state index contributed by atoms with van der Waals surface area (Å²) in [4.78, 5) is 17.0. The number of aromatic nitrogens is 2. The van der Waals surface area contributed by atoms with Gasteiger partial charge in [-0.2, -0.15) is 4.98 Å². The average Bonchev–Trinajstić information content (AvgIpc) is 3.49. The summed E-state index contributed by atoms with van der Waals surface area (Å²) < 4.78 is 7.60. The van der Waals surface area contributed by atoms with E-state index >= 15 is 0 Å². The van der Waals surface area contributed by atoms with Crippen LogP contribution in [0, 0.1) is 0 Å². The van der Waals surface area contributed by atoms with E-state index in [1.807, 2.05) is 30.3 Å². The molecule has 120 valence electrons. The van der Waals surface area contributed by atoms with E-state index in [1.165, 1.54) is 18.4 Å². The molecule has 0 atom stereocenters. The van der Waals surface area contributed by atoms with Crippen LogP contribution >= 0.6 is 0 Å². The van der Waals surface area contributed by atoms with Crippen LogP contribution in [0.25, 0.3) is 16.6 Å². The summed E-state index contributed by atoms with van der Waals surface area (Å²) in [6.07, 6.45) is 4.78. The monoisotopic (exact) mass is 318 g/mol. The number of fused-ring (bicyclic) bond motifs is 1. The fourth-order valence-electron chi connectivity index (χ4n) is 3.15. The van der Waals surface area contributed by atoms with Crippen molar-refractivity contribution in [2.75, 3.05) is 0 Å². The van der Waals surface area contributed by atoms with Crippen LogP contribution in [0.15, 0.2) is 53.3 Å². The number of rotatable bonds is 4. The molecule has 2 saturated carbocycles. The summed E-state index contributed by atoms with van der Waals surface area (Å²) in [5, 5.41) is 0.912. The van der Waals surface area contributed by atoms with Gasteiger partial charge in [0.2, 0.25) is 5.88 Å². The van der Waals surface area contributed by atoms with Crippen LogP contribution in [0.5, 0.6) is 5.88 Å². The van der Waals surface area contributed by atoms with Gasteiger partial charge in [0.1, 0.15) is 6.10 Å². The van der Waals surface area contributed by atoms with E-state index in [1.54, 1.807) is 4.57 Å². The summed E-state index contributed by atoms with van der Waals surface area (Å²) in [6.45, 7) is 0. The number of hydrogen-bond acceptors (Lipinski definition) is 3. The number of ether oxygens (including phenoxy) is 1. The molecule has 2 fully saturated rings. The van der Waals surface area contributed by atoms with Crippen molar-refractivity contribution in [3.8, 4) is 11.6 Å². The standard InChI is InChI=1S/C20H18N2O2/c23-20-21-19(24-16-9-10-16)17-11-8-14(13-6-7-13)12-18(17)22(20)15-4-2-1-3-5-15/h1-5,8,11-13,16H,6-7,9-10H2. The summed E-state index contributed by atoms with van der Waals surface area (Å²) in [6, 6.07) is 16.1. The predicted octanol–water partition coefficient (Wildman–Crippen LogP) is 3.80. The lowest BCUT2D eigenvalue weighted by atomic mass is 10.1. The number of benzene rings is 2. The van der Waals surface area contributed by atoms with Crippen molar-refractivity contribution < 1.29 is 4.74 Å². The van der Waals surface area contributed by atoms with Crippen LogP contribution in [-0.2, 0) is 0 Å². The van der Waals surface area contributed by atoms with Crippen LogP contribution < -0.4 is 10.4 Å². The first-order chi connectivity index (χ1) is 11.8. The average molecular weight is 318 g/mol. The molecule has 3 aromatic rings. The van der Waals surface area contributed by atoms with Crippen molar-refractivity contribution in [1.29, 1.82) is 0 Å². The molecule has 1 aromatic heterocycles. The van der Waals surface area contributed by atoms with Crippen LogP contribution in [0.2, 0.25) is 0 Å². The molecule has 0 amide bonds. The molecule has 2 aromatic carbocycles. The van der Waals surface area contributed by atoms with Gasteiger partial charge in [0.15, 0.2) is 0 Å². The van der Waals surface area contributed by atoms with Gasteiger partial charge in [0, 0.05) is 0 Å². The van der Waals surface area contributed by atoms with Crippen molar-refractivity contribution in [2.45, 2.75) is 37.7 Å². The Bertz CT molecular complexity index is 970. The largest absolute Gasteiger partial charge is 0.474 e. The molecule has 0 unspecified atom stereocenters. The van der Waals surface area contributed by atoms with Crippen LogP contribution in [-0.4, -0.2) is 15.7 Å². The normalized spacial score (nSPS) is 17.2. The molecule has 0 spiro atoms. The van der Waals surface area contributed by atoms with Crippen LogP contribution in [0.1, 0.15) is 37.2 Å². The molecular formula is C20H18N2O2. The minimum absolute atomic E-state index is 0.218. The van der Waals surface area contributed by atoms with Gasteiger partial charge in [0.25, 0.3) is 0 Å². The minimum Gasteiger partial charge on any atom is -0.474 e. The maximum absolute atomic E-state index is 12.7. The number of para-hydroxylation sites is 1. The minimum atomic E-state index is -0.280. The van der Waals surface area contributed by atoms with E-state index in [0.29, 0.717) is 11.8 Å². The molecule has 0 saturated heterocycles. The molecule has 0 bridgehead atoms. The highest BCUT2D eigenvalue weighted by Gasteiger charge is 2.27. The topological polar surface area (TPSA) is 44.1 Å². The van der Waals surface area contributed by atoms with E-state index in [9.17, 15) is 4.79 Å². The van der Waals surface area contributed by atoms with Gasteiger partial charge in [0.05, 0.1) is 16.6 Å². The molecular weight excluding hydrogens is 300 g/mol. The van der Waals surface area contributed by atoms with E-state index in [-0.39, 0.29) is 11.8 Å². The highest BCUT2D eigenvalue weighted by molar-refractivity contribution is 5.86. The lowest BCUT2D eigenvalue weighted by Crippen LogP contribution is -2.23. The number of nitrogens with zero attached hydrogens (tertiary/aromatic N) is 2. The Morgan fingerprint density at radius 3 is 2.50 bits per heavy atom. The summed E-state index contributed by atoms with van der Waals surface area (Å²) >= 11 is 0. The Balaban J connectivity index is 1.78. The molecule has 4 heteroatoms. The SMILES string of the molecule is O=c1nc(OC2CC2)c2ccc(C3CC3)cc2n1-c1ccccc1. The zero-order chi connectivity index (χ0) is 16.1. The fourth-order valence-corrected chi connectivity index (χ4v) is 3.15. The third-order valence-electron chi connectivity index (χ3n) is 4.75. The maximum atomic E-state index is 12.7. The third kappa shape index (κ3) is 2.39. The van der Waals surface area contributed by atoms with Gasteiger partial charge in [-0.05, 0) is 61.4 Å². The highest BCUT2D eigenvalue weighted by atomic mass is 16.5. The molecule has 5 rings (SSSR count). The van der Waals surface area contributed by atoms with Crippen molar-refractivity contribution in [1.82, 2.24) is 9.55 Å².